The number of thioether (sulfide) groups is 2. The molecule has 2 aromatic rings. The first kappa shape index (κ1) is 15.7. The highest BCUT2D eigenvalue weighted by Crippen LogP contribution is 2.35. The zero-order valence-electron chi connectivity index (χ0n) is 13.3. The van der Waals surface area contributed by atoms with Crippen LogP contribution >= 0.6 is 23.5 Å². The van der Waals surface area contributed by atoms with Crippen molar-refractivity contribution in [2.75, 3.05) is 0 Å². The van der Waals surface area contributed by atoms with Crippen LogP contribution in [0.2, 0.25) is 0 Å². The van der Waals surface area contributed by atoms with Gasteiger partial charge >= 0.3 is 0 Å². The minimum absolute atomic E-state index is 0.0753. The number of benzene rings is 1. The van der Waals surface area contributed by atoms with Gasteiger partial charge in [0.05, 0.1) is 16.3 Å². The summed E-state index contributed by atoms with van der Waals surface area (Å²) in [5.41, 5.74) is 3.13. The van der Waals surface area contributed by atoms with Gasteiger partial charge in [-0.3, -0.25) is 9.36 Å². The van der Waals surface area contributed by atoms with E-state index in [4.69, 9.17) is 4.98 Å². The van der Waals surface area contributed by atoms with E-state index in [1.54, 1.807) is 28.1 Å². The Hall–Kier alpha value is -1.20. The molecule has 0 spiro atoms. The van der Waals surface area contributed by atoms with Crippen LogP contribution in [0.4, 0.5) is 0 Å². The van der Waals surface area contributed by atoms with Gasteiger partial charge in [0.15, 0.2) is 5.16 Å². The van der Waals surface area contributed by atoms with Crippen LogP contribution in [-0.4, -0.2) is 20.1 Å². The van der Waals surface area contributed by atoms with Crippen molar-refractivity contribution in [3.05, 3.63) is 45.9 Å². The fourth-order valence-corrected chi connectivity index (χ4v) is 4.49. The van der Waals surface area contributed by atoms with Crippen molar-refractivity contribution in [3.8, 4) is 5.69 Å². The minimum atomic E-state index is 0.0753. The van der Waals surface area contributed by atoms with E-state index in [1.165, 1.54) is 5.56 Å². The molecule has 1 aromatic heterocycles. The standard InChI is InChI=1S/C17H20N2OS2/c1-10(2)21-17-18-14-9-12(4)22-15(14)16(20)19(17)13-7-5-11(3)6-8-13/h5-8,10,12H,9H2,1-4H3/t12-/m1/s1. The Morgan fingerprint density at radius 1 is 1.32 bits per heavy atom. The predicted octanol–water partition coefficient (Wildman–Crippen LogP) is 4.08. The third kappa shape index (κ3) is 2.97. The second-order valence-electron chi connectivity index (χ2n) is 5.95. The van der Waals surface area contributed by atoms with Gasteiger partial charge in [0.25, 0.3) is 5.56 Å². The molecular formula is C17H20N2OS2. The van der Waals surface area contributed by atoms with Gasteiger partial charge in [-0.15, -0.1) is 11.8 Å². The SMILES string of the molecule is Cc1ccc(-n2c(SC(C)C)nc3c(c2=O)S[C@H](C)C3)cc1. The van der Waals surface area contributed by atoms with Crippen molar-refractivity contribution in [2.24, 2.45) is 0 Å². The molecule has 0 unspecified atom stereocenters. The highest BCUT2D eigenvalue weighted by Gasteiger charge is 2.27. The van der Waals surface area contributed by atoms with Crippen molar-refractivity contribution in [1.29, 1.82) is 0 Å². The molecule has 0 N–H and O–H groups in total. The highest BCUT2D eigenvalue weighted by molar-refractivity contribution is 8.00. The molecule has 0 bridgehead atoms. The summed E-state index contributed by atoms with van der Waals surface area (Å²) in [5, 5.41) is 1.62. The summed E-state index contributed by atoms with van der Waals surface area (Å²) >= 11 is 3.30. The van der Waals surface area contributed by atoms with Crippen molar-refractivity contribution in [1.82, 2.24) is 9.55 Å². The molecule has 0 radical (unpaired) electrons. The van der Waals surface area contributed by atoms with Crippen LogP contribution in [0.3, 0.4) is 0 Å². The predicted molar refractivity (Wildman–Crippen MR) is 94.6 cm³/mol. The number of fused-ring (bicyclic) bond motifs is 1. The van der Waals surface area contributed by atoms with E-state index in [2.05, 4.69) is 27.7 Å². The second kappa shape index (κ2) is 6.13. The summed E-state index contributed by atoms with van der Waals surface area (Å²) in [6.45, 7) is 8.45. The maximum Gasteiger partial charge on any atom is 0.272 e. The normalized spacial score (nSPS) is 17.0. The molecule has 5 heteroatoms. The molecule has 2 heterocycles. The molecule has 0 amide bonds. The van der Waals surface area contributed by atoms with Crippen LogP contribution in [0.1, 0.15) is 32.0 Å². The summed E-state index contributed by atoms with van der Waals surface area (Å²) in [6.07, 6.45) is 0.885. The molecule has 3 nitrogen and oxygen atoms in total. The molecule has 22 heavy (non-hydrogen) atoms. The number of nitrogens with zero attached hydrogens (tertiary/aromatic N) is 2. The largest absolute Gasteiger partial charge is 0.272 e. The van der Waals surface area contributed by atoms with Crippen LogP contribution < -0.4 is 5.56 Å². The Bertz CT molecular complexity index is 750. The number of aromatic nitrogens is 2. The van der Waals surface area contributed by atoms with Gasteiger partial charge in [-0.25, -0.2) is 4.98 Å². The molecule has 0 fully saturated rings. The number of hydrogen-bond donors (Lipinski definition) is 0. The van der Waals surface area contributed by atoms with Gasteiger partial charge < -0.3 is 0 Å². The minimum Gasteiger partial charge on any atom is -0.268 e. The fourth-order valence-electron chi connectivity index (χ4n) is 2.51. The zero-order chi connectivity index (χ0) is 15.9. The maximum atomic E-state index is 13.0. The number of hydrogen-bond acceptors (Lipinski definition) is 4. The van der Waals surface area contributed by atoms with Crippen LogP contribution in [0.5, 0.6) is 0 Å². The average molecular weight is 332 g/mol. The van der Waals surface area contributed by atoms with Crippen molar-refractivity contribution >= 4 is 23.5 Å². The molecule has 3 rings (SSSR count). The Morgan fingerprint density at radius 2 is 2.00 bits per heavy atom. The van der Waals surface area contributed by atoms with E-state index in [-0.39, 0.29) is 5.56 Å². The third-order valence-electron chi connectivity index (χ3n) is 3.51. The van der Waals surface area contributed by atoms with Gasteiger partial charge in [-0.2, -0.15) is 0 Å². The Labute approximate surface area is 139 Å². The molecule has 1 aliphatic heterocycles. The molecule has 1 aromatic carbocycles. The maximum absolute atomic E-state index is 13.0. The summed E-state index contributed by atoms with van der Waals surface area (Å²) < 4.78 is 1.77. The van der Waals surface area contributed by atoms with Gasteiger partial charge in [-0.05, 0) is 19.1 Å². The first-order valence-electron chi connectivity index (χ1n) is 7.52. The lowest BCUT2D eigenvalue weighted by atomic mass is 10.2. The van der Waals surface area contributed by atoms with Gasteiger partial charge in [0.1, 0.15) is 0 Å². The Balaban J connectivity index is 2.20. The van der Waals surface area contributed by atoms with Crippen LogP contribution in [0.25, 0.3) is 5.69 Å². The molecule has 0 saturated heterocycles. The average Bonchev–Trinajstić information content (AvgIpc) is 2.81. The van der Waals surface area contributed by atoms with E-state index in [0.717, 1.165) is 27.9 Å². The molecule has 1 aliphatic rings. The quantitative estimate of drug-likeness (QED) is 0.627. The zero-order valence-corrected chi connectivity index (χ0v) is 14.9. The Kier molecular flexibility index (Phi) is 4.37. The van der Waals surface area contributed by atoms with Crippen molar-refractivity contribution < 1.29 is 0 Å². The second-order valence-corrected chi connectivity index (χ2v) is 8.94. The molecule has 116 valence electrons. The smallest absolute Gasteiger partial charge is 0.268 e. The molecule has 0 aliphatic carbocycles. The molecule has 0 saturated carbocycles. The first-order chi connectivity index (χ1) is 10.5. The topological polar surface area (TPSA) is 34.9 Å². The van der Waals surface area contributed by atoms with Crippen molar-refractivity contribution in [3.63, 3.8) is 0 Å². The van der Waals surface area contributed by atoms with E-state index >= 15 is 0 Å². The lowest BCUT2D eigenvalue weighted by molar-refractivity contribution is 0.729. The summed E-state index contributed by atoms with van der Waals surface area (Å²) in [6, 6.07) is 8.07. The van der Waals surface area contributed by atoms with Crippen LogP contribution in [0.15, 0.2) is 39.1 Å². The number of aryl methyl sites for hydroxylation is 1. The fraction of sp³-hybridized carbons (Fsp3) is 0.412. The molecular weight excluding hydrogens is 312 g/mol. The Morgan fingerprint density at radius 3 is 2.64 bits per heavy atom. The van der Waals surface area contributed by atoms with Crippen LogP contribution in [-0.2, 0) is 6.42 Å². The lowest BCUT2D eigenvalue weighted by Crippen LogP contribution is -2.24. The van der Waals surface area contributed by atoms with Gasteiger partial charge in [0, 0.05) is 16.9 Å². The van der Waals surface area contributed by atoms with E-state index in [1.807, 2.05) is 24.3 Å². The third-order valence-corrected chi connectivity index (χ3v) is 5.69. The summed E-state index contributed by atoms with van der Waals surface area (Å²) in [5.74, 6) is 0. The van der Waals surface area contributed by atoms with E-state index in [9.17, 15) is 4.79 Å². The van der Waals surface area contributed by atoms with E-state index in [0.29, 0.717) is 10.5 Å². The number of rotatable bonds is 3. The lowest BCUT2D eigenvalue weighted by Gasteiger charge is -2.15. The van der Waals surface area contributed by atoms with Crippen molar-refractivity contribution in [2.45, 2.75) is 54.7 Å². The summed E-state index contributed by atoms with van der Waals surface area (Å²) in [7, 11) is 0. The van der Waals surface area contributed by atoms with Gasteiger partial charge in [-0.1, -0.05) is 50.2 Å². The van der Waals surface area contributed by atoms with Gasteiger partial charge in [0.2, 0.25) is 0 Å². The van der Waals surface area contributed by atoms with Crippen LogP contribution in [0, 0.1) is 6.92 Å². The monoisotopic (exact) mass is 332 g/mol. The molecule has 1 atom stereocenters. The van der Waals surface area contributed by atoms with E-state index < -0.39 is 0 Å². The summed E-state index contributed by atoms with van der Waals surface area (Å²) in [4.78, 5) is 18.6. The first-order valence-corrected chi connectivity index (χ1v) is 9.28. The highest BCUT2D eigenvalue weighted by atomic mass is 32.2.